The second-order valence-corrected chi connectivity index (χ2v) is 5.81. The SMILES string of the molecule is FC(F)(F)c1ccccc1CNCc1sccc1Br. The van der Waals surface area contributed by atoms with Crippen LogP contribution in [0.3, 0.4) is 0 Å². The van der Waals surface area contributed by atoms with E-state index in [2.05, 4.69) is 21.2 Å². The zero-order valence-corrected chi connectivity index (χ0v) is 12.2. The van der Waals surface area contributed by atoms with Crippen molar-refractivity contribution in [3.05, 3.63) is 56.2 Å². The van der Waals surface area contributed by atoms with Crippen LogP contribution in [-0.4, -0.2) is 0 Å². The van der Waals surface area contributed by atoms with Crippen LogP contribution in [0.4, 0.5) is 13.2 Å². The Morgan fingerprint density at radius 2 is 1.84 bits per heavy atom. The molecule has 6 heteroatoms. The summed E-state index contributed by atoms with van der Waals surface area (Å²) in [4.78, 5) is 1.07. The zero-order valence-electron chi connectivity index (χ0n) is 9.80. The minimum atomic E-state index is -4.30. The van der Waals surface area contributed by atoms with Crippen LogP contribution in [0, 0.1) is 0 Å². The molecule has 1 nitrogen and oxygen atoms in total. The molecule has 0 aliphatic carbocycles. The maximum atomic E-state index is 12.8. The van der Waals surface area contributed by atoms with E-state index in [1.807, 2.05) is 11.4 Å². The van der Waals surface area contributed by atoms with Crippen LogP contribution in [0.2, 0.25) is 0 Å². The molecule has 0 aliphatic heterocycles. The van der Waals surface area contributed by atoms with Gasteiger partial charge in [-0.3, -0.25) is 0 Å². The van der Waals surface area contributed by atoms with Gasteiger partial charge in [0.05, 0.1) is 5.56 Å². The topological polar surface area (TPSA) is 12.0 Å². The maximum absolute atomic E-state index is 12.8. The standard InChI is InChI=1S/C13H11BrF3NS/c14-11-5-6-19-12(11)8-18-7-9-3-1-2-4-10(9)13(15,16)17/h1-6,18H,7-8H2. The van der Waals surface area contributed by atoms with Gasteiger partial charge in [-0.25, -0.2) is 0 Å². The highest BCUT2D eigenvalue weighted by Crippen LogP contribution is 2.31. The summed E-state index contributed by atoms with van der Waals surface area (Å²) < 4.78 is 39.3. The van der Waals surface area contributed by atoms with Crippen molar-refractivity contribution in [2.75, 3.05) is 0 Å². The molecule has 0 aliphatic rings. The predicted octanol–water partition coefficient (Wildman–Crippen LogP) is 4.82. The van der Waals surface area contributed by atoms with Crippen molar-refractivity contribution in [2.24, 2.45) is 0 Å². The number of halogens is 4. The molecule has 1 N–H and O–H groups in total. The molecule has 1 aromatic carbocycles. The third-order valence-electron chi connectivity index (χ3n) is 2.61. The van der Waals surface area contributed by atoms with Gasteiger partial charge in [-0.2, -0.15) is 13.2 Å². The van der Waals surface area contributed by atoms with E-state index < -0.39 is 11.7 Å². The first-order valence-electron chi connectivity index (χ1n) is 5.56. The van der Waals surface area contributed by atoms with Gasteiger partial charge in [-0.05, 0) is 39.0 Å². The predicted molar refractivity (Wildman–Crippen MR) is 74.0 cm³/mol. The lowest BCUT2D eigenvalue weighted by Gasteiger charge is -2.13. The van der Waals surface area contributed by atoms with E-state index >= 15 is 0 Å². The van der Waals surface area contributed by atoms with E-state index in [1.54, 1.807) is 17.4 Å². The average molecular weight is 350 g/mol. The summed E-state index contributed by atoms with van der Waals surface area (Å²) in [7, 11) is 0. The van der Waals surface area contributed by atoms with Gasteiger partial charge in [-0.1, -0.05) is 18.2 Å². The van der Waals surface area contributed by atoms with E-state index in [0.717, 1.165) is 15.4 Å². The van der Waals surface area contributed by atoms with Crippen LogP contribution in [0.5, 0.6) is 0 Å². The van der Waals surface area contributed by atoms with E-state index in [4.69, 9.17) is 0 Å². The van der Waals surface area contributed by atoms with Crippen LogP contribution in [0.25, 0.3) is 0 Å². The lowest BCUT2D eigenvalue weighted by molar-refractivity contribution is -0.138. The Balaban J connectivity index is 2.02. The second kappa shape index (κ2) is 6.07. The number of hydrogen-bond donors (Lipinski definition) is 1. The fourth-order valence-corrected chi connectivity index (χ4v) is 3.18. The number of hydrogen-bond acceptors (Lipinski definition) is 2. The quantitative estimate of drug-likeness (QED) is 0.834. The molecule has 0 atom stereocenters. The van der Waals surface area contributed by atoms with Crippen molar-refractivity contribution in [1.82, 2.24) is 5.32 Å². The van der Waals surface area contributed by atoms with Gasteiger partial charge >= 0.3 is 6.18 Å². The van der Waals surface area contributed by atoms with Crippen molar-refractivity contribution in [2.45, 2.75) is 19.3 Å². The smallest absolute Gasteiger partial charge is 0.308 e. The molecule has 0 radical (unpaired) electrons. The van der Waals surface area contributed by atoms with E-state index in [0.29, 0.717) is 6.54 Å². The summed E-state index contributed by atoms with van der Waals surface area (Å²) >= 11 is 4.95. The monoisotopic (exact) mass is 349 g/mol. The summed E-state index contributed by atoms with van der Waals surface area (Å²) in [6.07, 6.45) is -4.30. The third kappa shape index (κ3) is 3.81. The fourth-order valence-electron chi connectivity index (χ4n) is 1.71. The Labute approximate surface area is 121 Å². The average Bonchev–Trinajstić information content (AvgIpc) is 2.75. The van der Waals surface area contributed by atoms with E-state index in [1.165, 1.54) is 12.1 Å². The molecule has 0 saturated heterocycles. The molecule has 0 unspecified atom stereocenters. The number of alkyl halides is 3. The van der Waals surface area contributed by atoms with Crippen molar-refractivity contribution in [1.29, 1.82) is 0 Å². The van der Waals surface area contributed by atoms with Crippen LogP contribution in [0.15, 0.2) is 40.2 Å². The molecule has 19 heavy (non-hydrogen) atoms. The van der Waals surface area contributed by atoms with Gasteiger partial charge < -0.3 is 5.32 Å². The van der Waals surface area contributed by atoms with Gasteiger partial charge in [0.15, 0.2) is 0 Å². The molecule has 0 bridgehead atoms. The molecule has 2 rings (SSSR count). The molecular formula is C13H11BrF3NS. The Morgan fingerprint density at radius 3 is 2.47 bits per heavy atom. The zero-order chi connectivity index (χ0) is 13.9. The highest BCUT2D eigenvalue weighted by atomic mass is 79.9. The van der Waals surface area contributed by atoms with Gasteiger partial charge in [-0.15, -0.1) is 11.3 Å². The number of nitrogens with one attached hydrogen (secondary N) is 1. The first-order chi connectivity index (χ1) is 8.98. The maximum Gasteiger partial charge on any atom is 0.416 e. The minimum Gasteiger partial charge on any atom is -0.308 e. The van der Waals surface area contributed by atoms with Gasteiger partial charge in [0.2, 0.25) is 0 Å². The van der Waals surface area contributed by atoms with E-state index in [9.17, 15) is 13.2 Å². The summed E-state index contributed by atoms with van der Waals surface area (Å²) in [6, 6.07) is 7.55. The molecular weight excluding hydrogens is 339 g/mol. The molecule has 1 aromatic heterocycles. The normalized spacial score (nSPS) is 11.8. The Hall–Kier alpha value is -0.850. The van der Waals surface area contributed by atoms with Crippen molar-refractivity contribution >= 4 is 27.3 Å². The third-order valence-corrected chi connectivity index (χ3v) is 4.54. The largest absolute Gasteiger partial charge is 0.416 e. The Kier molecular flexibility index (Phi) is 4.65. The summed E-state index contributed by atoms with van der Waals surface area (Å²) in [5.74, 6) is 0. The molecule has 102 valence electrons. The molecule has 0 saturated carbocycles. The summed E-state index contributed by atoms with van der Waals surface area (Å²) in [6.45, 7) is 0.741. The lowest BCUT2D eigenvalue weighted by Crippen LogP contribution is -2.16. The lowest BCUT2D eigenvalue weighted by atomic mass is 10.1. The number of benzene rings is 1. The van der Waals surface area contributed by atoms with E-state index in [-0.39, 0.29) is 12.1 Å². The number of rotatable bonds is 4. The first-order valence-corrected chi connectivity index (χ1v) is 7.23. The van der Waals surface area contributed by atoms with Gasteiger partial charge in [0, 0.05) is 22.4 Å². The Bertz CT molecular complexity index is 551. The molecule has 1 heterocycles. The van der Waals surface area contributed by atoms with Crippen LogP contribution in [-0.2, 0) is 19.3 Å². The molecule has 2 aromatic rings. The summed E-state index contributed by atoms with van der Waals surface area (Å²) in [5, 5.41) is 4.97. The minimum absolute atomic E-state index is 0.194. The van der Waals surface area contributed by atoms with Crippen LogP contribution < -0.4 is 5.32 Å². The van der Waals surface area contributed by atoms with Crippen molar-refractivity contribution in [3.63, 3.8) is 0 Å². The number of thiophene rings is 1. The van der Waals surface area contributed by atoms with Crippen LogP contribution in [0.1, 0.15) is 16.0 Å². The van der Waals surface area contributed by atoms with Gasteiger partial charge in [0.1, 0.15) is 0 Å². The molecule has 0 amide bonds. The first kappa shape index (κ1) is 14.6. The molecule has 0 spiro atoms. The van der Waals surface area contributed by atoms with Crippen molar-refractivity contribution < 1.29 is 13.2 Å². The molecule has 0 fully saturated rings. The highest BCUT2D eigenvalue weighted by molar-refractivity contribution is 9.10. The fraction of sp³-hybridized carbons (Fsp3) is 0.231. The van der Waals surface area contributed by atoms with Crippen LogP contribution >= 0.6 is 27.3 Å². The highest BCUT2D eigenvalue weighted by Gasteiger charge is 2.32. The Morgan fingerprint density at radius 1 is 1.11 bits per heavy atom. The van der Waals surface area contributed by atoms with Crippen molar-refractivity contribution in [3.8, 4) is 0 Å². The van der Waals surface area contributed by atoms with Gasteiger partial charge in [0.25, 0.3) is 0 Å². The second-order valence-electron chi connectivity index (χ2n) is 3.95. The summed E-state index contributed by atoms with van der Waals surface area (Å²) in [5.41, 5.74) is -0.310.